The van der Waals surface area contributed by atoms with Crippen LogP contribution >= 0.6 is 11.6 Å². The lowest BCUT2D eigenvalue weighted by molar-refractivity contribution is -0.181. The summed E-state index contributed by atoms with van der Waals surface area (Å²) >= 11 is 6.12. The average Bonchev–Trinajstić information content (AvgIpc) is 2.77. The molecule has 0 saturated carbocycles. The van der Waals surface area contributed by atoms with Gasteiger partial charge in [-0.15, -0.1) is 0 Å². The molecule has 2 aromatic rings. The summed E-state index contributed by atoms with van der Waals surface area (Å²) in [6.45, 7) is 2.29. The summed E-state index contributed by atoms with van der Waals surface area (Å²) in [7, 11) is 0. The summed E-state index contributed by atoms with van der Waals surface area (Å²) in [6.07, 6.45) is -3.88. The Kier molecular flexibility index (Phi) is 9.13. The van der Waals surface area contributed by atoms with Gasteiger partial charge in [-0.2, -0.15) is 22.0 Å². The van der Waals surface area contributed by atoms with Crippen LogP contribution in [0.2, 0.25) is 5.02 Å². The first-order valence-electron chi connectivity index (χ1n) is 11.9. The van der Waals surface area contributed by atoms with Gasteiger partial charge >= 0.3 is 18.8 Å². The Balaban J connectivity index is 2.11. The second kappa shape index (κ2) is 11.6. The Morgan fingerprint density at radius 3 is 2.47 bits per heavy atom. The van der Waals surface area contributed by atoms with Gasteiger partial charge < -0.3 is 14.2 Å². The van der Waals surface area contributed by atoms with Crippen LogP contribution < -0.4 is 10.3 Å². The number of aromatic nitrogens is 1. The van der Waals surface area contributed by atoms with E-state index in [2.05, 4.69) is 4.74 Å². The molecule has 0 saturated heterocycles. The zero-order valence-corrected chi connectivity index (χ0v) is 22.0. The Bertz CT molecular complexity index is 1210. The fourth-order valence-corrected chi connectivity index (χ4v) is 4.35. The number of nitrogens with zero attached hydrogens (tertiary/aromatic N) is 1. The van der Waals surface area contributed by atoms with E-state index in [1.165, 1.54) is 18.2 Å². The predicted molar refractivity (Wildman–Crippen MR) is 131 cm³/mol. The van der Waals surface area contributed by atoms with E-state index >= 15 is 0 Å². The van der Waals surface area contributed by atoms with Gasteiger partial charge in [0.05, 0.1) is 18.7 Å². The van der Waals surface area contributed by atoms with E-state index in [4.69, 9.17) is 21.1 Å². The van der Waals surface area contributed by atoms with Crippen LogP contribution in [0.4, 0.5) is 22.0 Å². The number of hydrogen-bond donors (Lipinski definition) is 0. The minimum atomic E-state index is -4.55. The molecule has 38 heavy (non-hydrogen) atoms. The van der Waals surface area contributed by atoms with Gasteiger partial charge in [-0.1, -0.05) is 24.6 Å². The first kappa shape index (κ1) is 29.9. The fraction of sp³-hybridized carbons (Fsp3) is 0.538. The third kappa shape index (κ3) is 7.69. The van der Waals surface area contributed by atoms with Crippen molar-refractivity contribution < 1.29 is 41.0 Å². The Labute approximate surface area is 221 Å². The number of pyridine rings is 1. The van der Waals surface area contributed by atoms with E-state index < -0.39 is 61.0 Å². The minimum Gasteiger partial charge on any atom is -0.491 e. The van der Waals surface area contributed by atoms with Gasteiger partial charge in [-0.25, -0.2) is 4.79 Å². The number of fused-ring (bicyclic) bond motifs is 3. The molecular weight excluding hydrogens is 537 g/mol. The maximum atomic E-state index is 13.7. The molecule has 0 bridgehead atoms. The molecule has 1 aromatic carbocycles. The van der Waals surface area contributed by atoms with Crippen molar-refractivity contribution >= 4 is 17.6 Å². The molecule has 0 fully saturated rings. The number of hydrogen-bond acceptors (Lipinski definition) is 5. The Morgan fingerprint density at radius 1 is 1.18 bits per heavy atom. The maximum Gasteiger partial charge on any atom is 0.395 e. The van der Waals surface area contributed by atoms with E-state index in [-0.39, 0.29) is 29.2 Å². The molecule has 0 N–H and O–H groups in total. The van der Waals surface area contributed by atoms with Gasteiger partial charge in [-0.3, -0.25) is 9.36 Å². The largest absolute Gasteiger partial charge is 0.491 e. The van der Waals surface area contributed by atoms with Crippen LogP contribution in [0.3, 0.4) is 0 Å². The van der Waals surface area contributed by atoms with Gasteiger partial charge in [-0.05, 0) is 62.8 Å². The van der Waals surface area contributed by atoms with Crippen molar-refractivity contribution in [1.82, 2.24) is 4.57 Å². The van der Waals surface area contributed by atoms with Crippen LogP contribution in [-0.4, -0.2) is 42.1 Å². The molecular formula is C26H29ClF5NO5. The number of rotatable bonds is 7. The molecule has 3 rings (SSSR count). The van der Waals surface area contributed by atoms with E-state index in [0.29, 0.717) is 11.1 Å². The molecule has 1 unspecified atom stereocenters. The lowest BCUT2D eigenvalue weighted by Crippen LogP contribution is -2.36. The van der Waals surface area contributed by atoms with Crippen molar-refractivity contribution in [3.05, 3.63) is 51.4 Å². The van der Waals surface area contributed by atoms with Crippen molar-refractivity contribution in [3.8, 4) is 16.9 Å². The number of carbonyl (C=O) groups is 1. The second-order valence-electron chi connectivity index (χ2n) is 10.3. The van der Waals surface area contributed by atoms with Crippen molar-refractivity contribution in [2.24, 2.45) is 11.8 Å². The minimum absolute atomic E-state index is 0.0629. The summed E-state index contributed by atoms with van der Waals surface area (Å²) in [6, 6.07) is 4.28. The first-order chi connectivity index (χ1) is 17.5. The Hall–Kier alpha value is -2.66. The van der Waals surface area contributed by atoms with Crippen molar-refractivity contribution in [1.29, 1.82) is 0 Å². The van der Waals surface area contributed by atoms with Gasteiger partial charge in [0.15, 0.2) is 0 Å². The van der Waals surface area contributed by atoms with Gasteiger partial charge in [0.25, 0.3) is 5.56 Å². The average molecular weight is 566 g/mol. The van der Waals surface area contributed by atoms with Crippen molar-refractivity contribution in [2.75, 3.05) is 13.2 Å². The zero-order valence-electron chi connectivity index (χ0n) is 21.3. The predicted octanol–water partition coefficient (Wildman–Crippen LogP) is 6.43. The third-order valence-corrected chi connectivity index (χ3v) is 6.16. The molecule has 0 radical (unpaired) electrons. The summed E-state index contributed by atoms with van der Waals surface area (Å²) in [5.74, 6) is -3.31. The monoisotopic (exact) mass is 565 g/mol. The molecule has 6 nitrogen and oxygen atoms in total. The van der Waals surface area contributed by atoms with Crippen molar-refractivity contribution in [3.63, 3.8) is 0 Å². The molecule has 2 heterocycles. The summed E-state index contributed by atoms with van der Waals surface area (Å²) in [5.41, 5.74) is -0.735. The van der Waals surface area contributed by atoms with E-state index in [9.17, 15) is 31.5 Å². The van der Waals surface area contributed by atoms with Crippen LogP contribution in [0.5, 0.6) is 5.75 Å². The molecule has 1 aromatic heterocycles. The van der Waals surface area contributed by atoms with E-state index in [1.54, 1.807) is 27.7 Å². The van der Waals surface area contributed by atoms with Crippen LogP contribution in [-0.2, 0) is 20.7 Å². The van der Waals surface area contributed by atoms with E-state index in [0.717, 1.165) is 16.8 Å². The highest BCUT2D eigenvalue weighted by Crippen LogP contribution is 2.40. The molecule has 0 aliphatic carbocycles. The number of ether oxygens (including phenoxy) is 3. The lowest BCUT2D eigenvalue weighted by Gasteiger charge is -2.29. The molecule has 0 spiro atoms. The maximum absolute atomic E-state index is 13.7. The van der Waals surface area contributed by atoms with Gasteiger partial charge in [0, 0.05) is 16.7 Å². The van der Waals surface area contributed by atoms with Crippen LogP contribution in [0, 0.1) is 11.8 Å². The third-order valence-electron chi connectivity index (χ3n) is 5.92. The molecule has 1 aliphatic heterocycles. The quantitative estimate of drug-likeness (QED) is 0.286. The molecule has 3 atom stereocenters. The number of halogens is 6. The van der Waals surface area contributed by atoms with Gasteiger partial charge in [0.2, 0.25) is 0 Å². The molecule has 210 valence electrons. The molecule has 0 amide bonds. The summed E-state index contributed by atoms with van der Waals surface area (Å²) in [4.78, 5) is 26.4. The Morgan fingerprint density at radius 2 is 1.87 bits per heavy atom. The van der Waals surface area contributed by atoms with Crippen molar-refractivity contribution in [2.45, 2.75) is 65.0 Å². The molecule has 12 heteroatoms. The number of alkyl halides is 5. The smallest absolute Gasteiger partial charge is 0.395 e. The highest BCUT2D eigenvalue weighted by molar-refractivity contribution is 6.30. The topological polar surface area (TPSA) is 66.8 Å². The SMILES string of the molecule is C[C@H](COC(F)F)CC(C(=O)OC(C)(C)C)n1cc2c(cc1=O)-c1cc(Cl)ccc1C[C@@H](C(F)(F)F)CO2. The lowest BCUT2D eigenvalue weighted by atomic mass is 9.91. The zero-order chi connectivity index (χ0) is 28.4. The number of benzene rings is 1. The number of carbonyl (C=O) groups excluding carboxylic acids is 1. The summed E-state index contributed by atoms with van der Waals surface area (Å²) < 4.78 is 82.7. The normalized spacial score (nSPS) is 17.5. The summed E-state index contributed by atoms with van der Waals surface area (Å²) in [5, 5.41) is 0.252. The van der Waals surface area contributed by atoms with Gasteiger partial charge in [0.1, 0.15) is 24.0 Å². The standard InChI is InChI=1S/C26H29ClF5NO5/c1-14(12-37-24(28)29)7-20(23(35)38-25(2,3)4)33-11-21-19(10-22(33)34)18-9-17(27)6-5-15(18)8-16(13-36-21)26(30,31)32/h5-6,9-11,14,16,20,24H,7-8,12-13H2,1-4H3/t14-,16+,20?/m0/s1. The fourth-order valence-electron chi connectivity index (χ4n) is 4.18. The van der Waals surface area contributed by atoms with Crippen LogP contribution in [0.1, 0.15) is 45.7 Å². The molecule has 1 aliphatic rings. The second-order valence-corrected chi connectivity index (χ2v) is 10.8. The highest BCUT2D eigenvalue weighted by Gasteiger charge is 2.41. The van der Waals surface area contributed by atoms with Crippen LogP contribution in [0.15, 0.2) is 35.3 Å². The van der Waals surface area contributed by atoms with Crippen LogP contribution in [0.25, 0.3) is 11.1 Å². The number of esters is 1. The van der Waals surface area contributed by atoms with E-state index in [1.807, 2.05) is 0 Å². The highest BCUT2D eigenvalue weighted by atomic mass is 35.5. The first-order valence-corrected chi connectivity index (χ1v) is 12.3.